The number of anilines is 1. The van der Waals surface area contributed by atoms with Crippen LogP contribution in [0.5, 0.6) is 5.75 Å². The molecule has 0 aromatic heterocycles. The molecule has 154 valence electrons. The Morgan fingerprint density at radius 1 is 1.00 bits per heavy atom. The van der Waals surface area contributed by atoms with Gasteiger partial charge < -0.3 is 15.4 Å². The highest BCUT2D eigenvalue weighted by molar-refractivity contribution is 7.80. The zero-order valence-electron chi connectivity index (χ0n) is 17.0. The minimum absolute atomic E-state index is 0.101. The van der Waals surface area contributed by atoms with E-state index in [0.717, 1.165) is 6.42 Å². The number of nitrogens with one attached hydrogen (secondary N) is 3. The van der Waals surface area contributed by atoms with Gasteiger partial charge in [0.15, 0.2) is 5.11 Å². The highest BCUT2D eigenvalue weighted by atomic mass is 32.1. The molecule has 7 heteroatoms. The number of ether oxygens (including phenoxy) is 1. The highest BCUT2D eigenvalue weighted by Gasteiger charge is 2.15. The van der Waals surface area contributed by atoms with Gasteiger partial charge in [-0.1, -0.05) is 38.1 Å². The second-order valence-corrected chi connectivity index (χ2v) is 7.25. The predicted octanol–water partition coefficient (Wildman–Crippen LogP) is 3.99. The average Bonchev–Trinajstić information content (AvgIpc) is 2.68. The lowest BCUT2D eigenvalue weighted by Crippen LogP contribution is -2.35. The summed E-state index contributed by atoms with van der Waals surface area (Å²) >= 11 is 5.27. The van der Waals surface area contributed by atoms with Crippen molar-refractivity contribution in [3.8, 4) is 5.75 Å². The molecule has 0 unspecified atom stereocenters. The molecule has 0 atom stereocenters. The van der Waals surface area contributed by atoms with Crippen LogP contribution in [-0.2, 0) is 0 Å². The zero-order chi connectivity index (χ0) is 21.2. The molecule has 2 amide bonds. The molecule has 0 saturated carbocycles. The third kappa shape index (κ3) is 6.87. The van der Waals surface area contributed by atoms with Crippen LogP contribution in [0.4, 0.5) is 5.69 Å². The maximum atomic E-state index is 12.7. The number of carbonyl (C=O) groups excluding carboxylic acids is 2. The first kappa shape index (κ1) is 22.4. The van der Waals surface area contributed by atoms with Gasteiger partial charge in [-0.15, -0.1) is 0 Å². The minimum Gasteiger partial charge on any atom is -0.493 e. The summed E-state index contributed by atoms with van der Waals surface area (Å²) in [5, 5.41) is 8.43. The number of hydrogen-bond acceptors (Lipinski definition) is 4. The Kier molecular flexibility index (Phi) is 8.61. The summed E-state index contributed by atoms with van der Waals surface area (Å²) in [6.45, 7) is 7.13. The second-order valence-electron chi connectivity index (χ2n) is 6.84. The molecule has 0 aliphatic heterocycles. The molecule has 0 bridgehead atoms. The molecule has 29 heavy (non-hydrogen) atoms. The third-order valence-corrected chi connectivity index (χ3v) is 4.27. The monoisotopic (exact) mass is 413 g/mol. The number of thiocarbonyl (C=S) groups is 1. The fourth-order valence-corrected chi connectivity index (χ4v) is 2.76. The number of hydrogen-bond donors (Lipinski definition) is 3. The molecule has 0 heterocycles. The number of carbonyl (C=O) groups is 2. The van der Waals surface area contributed by atoms with E-state index in [9.17, 15) is 9.59 Å². The van der Waals surface area contributed by atoms with Crippen molar-refractivity contribution in [1.29, 1.82) is 0 Å². The quantitative estimate of drug-likeness (QED) is 0.571. The molecule has 2 aromatic carbocycles. The van der Waals surface area contributed by atoms with Crippen molar-refractivity contribution in [2.24, 2.45) is 5.92 Å². The SMILES string of the molecule is CCNC(=O)c1ccccc1NC(=S)NC(=O)c1ccccc1OCCC(C)C. The maximum Gasteiger partial charge on any atom is 0.261 e. The third-order valence-electron chi connectivity index (χ3n) is 4.07. The Morgan fingerprint density at radius 2 is 1.66 bits per heavy atom. The minimum atomic E-state index is -0.377. The van der Waals surface area contributed by atoms with E-state index in [2.05, 4.69) is 29.8 Å². The highest BCUT2D eigenvalue weighted by Crippen LogP contribution is 2.19. The van der Waals surface area contributed by atoms with Crippen LogP contribution in [0, 0.1) is 5.92 Å². The van der Waals surface area contributed by atoms with Gasteiger partial charge >= 0.3 is 0 Å². The van der Waals surface area contributed by atoms with Crippen LogP contribution >= 0.6 is 12.2 Å². The Hall–Kier alpha value is -2.93. The zero-order valence-corrected chi connectivity index (χ0v) is 17.8. The topological polar surface area (TPSA) is 79.5 Å². The van der Waals surface area contributed by atoms with E-state index >= 15 is 0 Å². The van der Waals surface area contributed by atoms with E-state index in [1.54, 1.807) is 42.5 Å². The summed E-state index contributed by atoms with van der Waals surface area (Å²) < 4.78 is 5.77. The molecule has 0 saturated heterocycles. The first-order valence-electron chi connectivity index (χ1n) is 9.63. The summed E-state index contributed by atoms with van der Waals surface area (Å²) in [6, 6.07) is 14.0. The number of amides is 2. The van der Waals surface area contributed by atoms with Gasteiger partial charge in [0.2, 0.25) is 0 Å². The van der Waals surface area contributed by atoms with Crippen LogP contribution in [0.3, 0.4) is 0 Å². The van der Waals surface area contributed by atoms with Crippen molar-refractivity contribution in [3.05, 3.63) is 59.7 Å². The smallest absolute Gasteiger partial charge is 0.261 e. The summed E-state index contributed by atoms with van der Waals surface area (Å²) in [5.74, 6) is 0.431. The average molecular weight is 414 g/mol. The Bertz CT molecular complexity index is 868. The Labute approximate surface area is 177 Å². The first-order chi connectivity index (χ1) is 13.9. The van der Waals surface area contributed by atoms with E-state index < -0.39 is 0 Å². The lowest BCUT2D eigenvalue weighted by Gasteiger charge is -2.15. The summed E-state index contributed by atoms with van der Waals surface area (Å²) in [7, 11) is 0. The molecule has 6 nitrogen and oxygen atoms in total. The molecule has 0 aliphatic carbocycles. The Balaban J connectivity index is 2.05. The van der Waals surface area contributed by atoms with Crippen LogP contribution in [0.1, 0.15) is 47.9 Å². The first-order valence-corrected chi connectivity index (χ1v) is 10.0. The normalized spacial score (nSPS) is 10.3. The summed E-state index contributed by atoms with van der Waals surface area (Å²) in [4.78, 5) is 24.9. The lowest BCUT2D eigenvalue weighted by molar-refractivity contribution is 0.0953. The largest absolute Gasteiger partial charge is 0.493 e. The molecular formula is C22H27N3O3S. The van der Waals surface area contributed by atoms with Crippen molar-refractivity contribution >= 4 is 34.8 Å². The van der Waals surface area contributed by atoms with Crippen molar-refractivity contribution in [1.82, 2.24) is 10.6 Å². The molecule has 2 aromatic rings. The molecular weight excluding hydrogens is 386 g/mol. The van der Waals surface area contributed by atoms with E-state index in [1.165, 1.54) is 0 Å². The number of benzene rings is 2. The van der Waals surface area contributed by atoms with Gasteiger partial charge in [-0.3, -0.25) is 14.9 Å². The van der Waals surface area contributed by atoms with E-state index in [4.69, 9.17) is 17.0 Å². The Morgan fingerprint density at radius 3 is 2.34 bits per heavy atom. The fourth-order valence-electron chi connectivity index (χ4n) is 2.55. The molecule has 0 radical (unpaired) electrons. The van der Waals surface area contributed by atoms with E-state index in [0.29, 0.717) is 41.6 Å². The predicted molar refractivity (Wildman–Crippen MR) is 120 cm³/mol. The van der Waals surface area contributed by atoms with Gasteiger partial charge in [-0.05, 0) is 55.7 Å². The molecule has 0 aliphatic rings. The van der Waals surface area contributed by atoms with Crippen LogP contribution in [0.25, 0.3) is 0 Å². The number of para-hydroxylation sites is 2. The van der Waals surface area contributed by atoms with E-state index in [-0.39, 0.29) is 16.9 Å². The van der Waals surface area contributed by atoms with Gasteiger partial charge in [0.25, 0.3) is 11.8 Å². The van der Waals surface area contributed by atoms with Crippen LogP contribution in [0.2, 0.25) is 0 Å². The van der Waals surface area contributed by atoms with Crippen molar-refractivity contribution < 1.29 is 14.3 Å². The fraction of sp³-hybridized carbons (Fsp3) is 0.318. The second kappa shape index (κ2) is 11.2. The summed E-state index contributed by atoms with van der Waals surface area (Å²) in [5.41, 5.74) is 1.37. The maximum absolute atomic E-state index is 12.7. The molecule has 0 spiro atoms. The van der Waals surface area contributed by atoms with E-state index in [1.807, 2.05) is 13.0 Å². The van der Waals surface area contributed by atoms with Gasteiger partial charge in [-0.2, -0.15) is 0 Å². The summed E-state index contributed by atoms with van der Waals surface area (Å²) in [6.07, 6.45) is 0.895. The van der Waals surface area contributed by atoms with Crippen molar-refractivity contribution in [2.75, 3.05) is 18.5 Å². The molecule has 2 rings (SSSR count). The van der Waals surface area contributed by atoms with Crippen LogP contribution in [0.15, 0.2) is 48.5 Å². The molecule has 0 fully saturated rings. The standard InChI is InChI=1S/C22H27N3O3S/c1-4-23-20(26)16-9-5-7-11-18(16)24-22(29)25-21(27)17-10-6-8-12-19(17)28-14-13-15(2)3/h5-12,15H,4,13-14H2,1-3H3,(H,23,26)(H2,24,25,27,29). The van der Waals surface area contributed by atoms with Gasteiger partial charge in [0.05, 0.1) is 23.4 Å². The lowest BCUT2D eigenvalue weighted by atomic mass is 10.1. The van der Waals surface area contributed by atoms with Crippen LogP contribution in [-0.4, -0.2) is 30.1 Å². The number of rotatable bonds is 8. The van der Waals surface area contributed by atoms with Crippen LogP contribution < -0.4 is 20.7 Å². The van der Waals surface area contributed by atoms with Gasteiger partial charge in [-0.25, -0.2) is 0 Å². The van der Waals surface area contributed by atoms with Gasteiger partial charge in [0, 0.05) is 6.54 Å². The van der Waals surface area contributed by atoms with Crippen molar-refractivity contribution in [3.63, 3.8) is 0 Å². The van der Waals surface area contributed by atoms with Crippen molar-refractivity contribution in [2.45, 2.75) is 27.2 Å². The van der Waals surface area contributed by atoms with Gasteiger partial charge in [0.1, 0.15) is 5.75 Å². The molecule has 3 N–H and O–H groups in total.